The van der Waals surface area contributed by atoms with Crippen molar-refractivity contribution >= 4 is 27.5 Å². The number of ether oxygens (including phenoxy) is 1. The van der Waals surface area contributed by atoms with Crippen LogP contribution >= 0.6 is 0 Å². The molecule has 0 heterocycles. The Hall–Kier alpha value is -3.85. The summed E-state index contributed by atoms with van der Waals surface area (Å²) in [4.78, 5) is 24.3. The summed E-state index contributed by atoms with van der Waals surface area (Å²) < 4.78 is 33.3. The maximum absolute atomic E-state index is 12.7. The van der Waals surface area contributed by atoms with E-state index >= 15 is 0 Å². The van der Waals surface area contributed by atoms with E-state index in [1.165, 1.54) is 24.3 Å². The number of anilines is 1. The fraction of sp³-hybridized carbons (Fsp3) is 0.167. The van der Waals surface area contributed by atoms with Gasteiger partial charge < -0.3 is 4.74 Å². The zero-order valence-electron chi connectivity index (χ0n) is 18.5. The zero-order valence-corrected chi connectivity index (χ0v) is 19.3. The van der Waals surface area contributed by atoms with E-state index in [1.807, 2.05) is 39.0 Å². The van der Waals surface area contributed by atoms with Crippen LogP contribution in [0, 0.1) is 20.8 Å². The molecule has 8 nitrogen and oxygen atoms in total. The van der Waals surface area contributed by atoms with Gasteiger partial charge in [0.1, 0.15) is 5.75 Å². The number of carbonyl (C=O) groups is 2. The molecule has 0 atom stereocenters. The average molecular weight is 468 g/mol. The SMILES string of the molecule is Cc1cccc(NS(=O)(=O)c2cccc(C(=O)NNC(=O)COc3ccc(C)c(C)c3)c2)c1. The maximum atomic E-state index is 12.7. The number of carbonyl (C=O) groups excluding carboxylic acids is 2. The van der Waals surface area contributed by atoms with Gasteiger partial charge in [0.05, 0.1) is 4.90 Å². The van der Waals surface area contributed by atoms with Crippen LogP contribution in [-0.2, 0) is 14.8 Å². The van der Waals surface area contributed by atoms with E-state index in [1.54, 1.807) is 24.3 Å². The molecule has 33 heavy (non-hydrogen) atoms. The molecule has 0 spiro atoms. The molecule has 3 aromatic rings. The first-order valence-electron chi connectivity index (χ1n) is 10.1. The van der Waals surface area contributed by atoms with E-state index < -0.39 is 21.8 Å². The van der Waals surface area contributed by atoms with Crippen LogP contribution in [0.5, 0.6) is 5.75 Å². The highest BCUT2D eigenvalue weighted by Crippen LogP contribution is 2.18. The number of benzene rings is 3. The van der Waals surface area contributed by atoms with Crippen LogP contribution in [0.1, 0.15) is 27.0 Å². The third-order valence-corrected chi connectivity index (χ3v) is 6.22. The van der Waals surface area contributed by atoms with Gasteiger partial charge >= 0.3 is 0 Å². The fourth-order valence-electron chi connectivity index (χ4n) is 2.91. The molecule has 2 amide bonds. The quantitative estimate of drug-likeness (QED) is 0.462. The second kappa shape index (κ2) is 10.2. The van der Waals surface area contributed by atoms with Crippen molar-refractivity contribution in [2.45, 2.75) is 25.7 Å². The number of rotatable bonds is 7. The molecule has 9 heteroatoms. The summed E-state index contributed by atoms with van der Waals surface area (Å²) in [5.74, 6) is -0.688. The molecule has 3 aromatic carbocycles. The summed E-state index contributed by atoms with van der Waals surface area (Å²) in [6.45, 7) is 5.47. The lowest BCUT2D eigenvalue weighted by Crippen LogP contribution is -2.43. The number of aryl methyl sites for hydroxylation is 3. The Morgan fingerprint density at radius 1 is 0.848 bits per heavy atom. The van der Waals surface area contributed by atoms with E-state index in [2.05, 4.69) is 15.6 Å². The molecule has 0 saturated heterocycles. The predicted octanol–water partition coefficient (Wildman–Crippen LogP) is 3.25. The monoisotopic (exact) mass is 467 g/mol. The lowest BCUT2D eigenvalue weighted by atomic mass is 10.1. The van der Waals surface area contributed by atoms with Gasteiger partial charge in [0.25, 0.3) is 21.8 Å². The molecular weight excluding hydrogens is 442 g/mol. The van der Waals surface area contributed by atoms with Gasteiger partial charge in [0, 0.05) is 11.3 Å². The highest BCUT2D eigenvalue weighted by atomic mass is 32.2. The van der Waals surface area contributed by atoms with Crippen LogP contribution in [0.4, 0.5) is 5.69 Å². The topological polar surface area (TPSA) is 114 Å². The molecular formula is C24H25N3O5S. The van der Waals surface area contributed by atoms with Gasteiger partial charge in [-0.15, -0.1) is 0 Å². The molecule has 0 radical (unpaired) electrons. The summed E-state index contributed by atoms with van der Waals surface area (Å²) in [5.41, 5.74) is 8.04. The molecule has 0 aliphatic rings. The van der Waals surface area contributed by atoms with Crippen molar-refractivity contribution in [3.05, 3.63) is 89.0 Å². The highest BCUT2D eigenvalue weighted by molar-refractivity contribution is 7.92. The number of hydrogen-bond donors (Lipinski definition) is 3. The van der Waals surface area contributed by atoms with Crippen LogP contribution in [-0.4, -0.2) is 26.8 Å². The summed E-state index contributed by atoms with van der Waals surface area (Å²) >= 11 is 0. The third kappa shape index (κ3) is 6.56. The normalized spacial score (nSPS) is 10.9. The molecule has 0 unspecified atom stereocenters. The molecule has 0 saturated carbocycles. The first-order chi connectivity index (χ1) is 15.6. The second-order valence-corrected chi connectivity index (χ2v) is 9.22. The lowest BCUT2D eigenvalue weighted by molar-refractivity contribution is -0.123. The van der Waals surface area contributed by atoms with E-state index in [4.69, 9.17) is 4.74 Å². The Labute approximate surface area is 193 Å². The largest absolute Gasteiger partial charge is 0.484 e. The van der Waals surface area contributed by atoms with E-state index in [9.17, 15) is 18.0 Å². The van der Waals surface area contributed by atoms with Crippen LogP contribution in [0.15, 0.2) is 71.6 Å². The minimum atomic E-state index is -3.90. The molecule has 0 fully saturated rings. The Kier molecular flexibility index (Phi) is 7.34. The van der Waals surface area contributed by atoms with Gasteiger partial charge in [0.2, 0.25) is 0 Å². The lowest BCUT2D eigenvalue weighted by Gasteiger charge is -2.11. The summed E-state index contributed by atoms with van der Waals surface area (Å²) in [5, 5.41) is 0. The molecule has 0 bridgehead atoms. The van der Waals surface area contributed by atoms with Crippen molar-refractivity contribution in [3.8, 4) is 5.75 Å². The smallest absolute Gasteiger partial charge is 0.276 e. The summed E-state index contributed by atoms with van der Waals surface area (Å²) in [7, 11) is -3.90. The third-order valence-electron chi connectivity index (χ3n) is 4.84. The molecule has 3 N–H and O–H groups in total. The Morgan fingerprint density at radius 2 is 1.61 bits per heavy atom. The molecule has 172 valence electrons. The number of nitrogens with one attached hydrogen (secondary N) is 3. The molecule has 3 rings (SSSR count). The number of sulfonamides is 1. The summed E-state index contributed by atoms with van der Waals surface area (Å²) in [6, 6.07) is 17.9. The van der Waals surface area contributed by atoms with Gasteiger partial charge in [-0.2, -0.15) is 0 Å². The number of hydrogen-bond acceptors (Lipinski definition) is 5. The van der Waals surface area contributed by atoms with Gasteiger partial charge in [0.15, 0.2) is 6.61 Å². The number of amides is 2. The fourth-order valence-corrected chi connectivity index (χ4v) is 4.01. The standard InChI is InChI=1S/C24H25N3O5S/c1-16-6-4-8-20(12-16)27-33(30,31)22-9-5-7-19(14-22)24(29)26-25-23(28)15-32-21-11-10-17(2)18(3)13-21/h4-14,27H,15H2,1-3H3,(H,25,28)(H,26,29). The van der Waals surface area contributed by atoms with Crippen molar-refractivity contribution < 1.29 is 22.7 Å². The van der Waals surface area contributed by atoms with Gasteiger partial charge in [-0.05, 0) is 79.9 Å². The van der Waals surface area contributed by atoms with E-state index in [0.29, 0.717) is 11.4 Å². The van der Waals surface area contributed by atoms with Crippen molar-refractivity contribution in [2.24, 2.45) is 0 Å². The average Bonchev–Trinajstić information content (AvgIpc) is 2.78. The van der Waals surface area contributed by atoms with E-state index in [0.717, 1.165) is 16.7 Å². The van der Waals surface area contributed by atoms with Gasteiger partial charge in [-0.1, -0.05) is 24.3 Å². The van der Waals surface area contributed by atoms with Crippen molar-refractivity contribution in [2.75, 3.05) is 11.3 Å². The van der Waals surface area contributed by atoms with Crippen molar-refractivity contribution in [1.29, 1.82) is 0 Å². The van der Waals surface area contributed by atoms with E-state index in [-0.39, 0.29) is 17.1 Å². The molecule has 0 aliphatic heterocycles. The van der Waals surface area contributed by atoms with Gasteiger partial charge in [-0.25, -0.2) is 8.42 Å². The summed E-state index contributed by atoms with van der Waals surface area (Å²) in [6.07, 6.45) is 0. The van der Waals surface area contributed by atoms with Crippen LogP contribution < -0.4 is 20.3 Å². The zero-order chi connectivity index (χ0) is 24.0. The predicted molar refractivity (Wildman–Crippen MR) is 125 cm³/mol. The highest BCUT2D eigenvalue weighted by Gasteiger charge is 2.17. The molecule has 0 aliphatic carbocycles. The second-order valence-electron chi connectivity index (χ2n) is 7.54. The first-order valence-corrected chi connectivity index (χ1v) is 11.6. The molecule has 0 aromatic heterocycles. The minimum Gasteiger partial charge on any atom is -0.484 e. The maximum Gasteiger partial charge on any atom is 0.276 e. The van der Waals surface area contributed by atoms with Crippen molar-refractivity contribution in [1.82, 2.24) is 10.9 Å². The Bertz CT molecular complexity index is 1290. The Morgan fingerprint density at radius 3 is 2.33 bits per heavy atom. The first kappa shape index (κ1) is 23.8. The minimum absolute atomic E-state index is 0.0671. The number of hydrazine groups is 1. The Balaban J connectivity index is 1.58. The van der Waals surface area contributed by atoms with Crippen LogP contribution in [0.3, 0.4) is 0 Å². The van der Waals surface area contributed by atoms with Crippen LogP contribution in [0.2, 0.25) is 0 Å². The van der Waals surface area contributed by atoms with Gasteiger partial charge in [-0.3, -0.25) is 25.2 Å². The van der Waals surface area contributed by atoms with Crippen molar-refractivity contribution in [3.63, 3.8) is 0 Å². The van der Waals surface area contributed by atoms with Crippen LogP contribution in [0.25, 0.3) is 0 Å².